The van der Waals surface area contributed by atoms with Crippen molar-refractivity contribution in [3.63, 3.8) is 0 Å². The summed E-state index contributed by atoms with van der Waals surface area (Å²) in [6, 6.07) is 7.19. The Morgan fingerprint density at radius 1 is 1.40 bits per heavy atom. The molecule has 0 N–H and O–H groups in total. The normalized spacial score (nSPS) is 9.13. The molecule has 0 heterocycles. The van der Waals surface area contributed by atoms with E-state index in [2.05, 4.69) is 33.0 Å². The summed E-state index contributed by atoms with van der Waals surface area (Å²) in [7, 11) is 1.32. The fraction of sp³-hybridized carbons (Fsp3) is 0.182. The van der Waals surface area contributed by atoms with E-state index in [0.717, 1.165) is 11.8 Å². The first-order chi connectivity index (χ1) is 7.36. The number of hydrogen-bond acceptors (Lipinski definition) is 3. The lowest BCUT2D eigenvalue weighted by atomic mass is 10.1. The van der Waals surface area contributed by atoms with Crippen molar-refractivity contribution in [3.05, 3.63) is 35.4 Å². The zero-order valence-corrected chi connectivity index (χ0v) is 10.9. The lowest BCUT2D eigenvalue weighted by Crippen LogP contribution is -1.82. The number of aldehydes is 1. The van der Waals surface area contributed by atoms with Crippen molar-refractivity contribution in [2.24, 2.45) is 0 Å². The van der Waals surface area contributed by atoms with E-state index < -0.39 is 0 Å². The van der Waals surface area contributed by atoms with Gasteiger partial charge in [0.25, 0.3) is 0 Å². The van der Waals surface area contributed by atoms with Gasteiger partial charge >= 0.3 is 0 Å². The molecule has 4 heteroatoms. The Hall–Kier alpha value is -0.510. The smallest absolute Gasteiger partial charge is 0.150 e. The molecule has 0 aliphatic rings. The van der Waals surface area contributed by atoms with Gasteiger partial charge in [-0.25, -0.2) is 0 Å². The lowest BCUT2D eigenvalue weighted by Gasteiger charge is -1.91. The lowest BCUT2D eigenvalue weighted by molar-refractivity contribution is 0.112. The summed E-state index contributed by atoms with van der Waals surface area (Å²) in [6.07, 6.45) is 1.54. The average molecular weight is 332 g/mol. The fourth-order valence-corrected chi connectivity index (χ4v) is 1.62. The van der Waals surface area contributed by atoms with Gasteiger partial charge in [-0.15, -0.1) is 0 Å². The molecule has 0 unspecified atom stereocenters. The molecule has 0 bridgehead atoms. The maximum atomic E-state index is 10.4. The molecule has 1 aromatic rings. The molecule has 0 atom stereocenters. The van der Waals surface area contributed by atoms with Gasteiger partial charge in [-0.1, -0.05) is 24.0 Å². The Morgan fingerprint density at radius 3 is 2.73 bits per heavy atom. The van der Waals surface area contributed by atoms with E-state index in [1.165, 1.54) is 9.21 Å². The van der Waals surface area contributed by atoms with Crippen LogP contribution in [0.3, 0.4) is 0 Å². The summed E-state index contributed by atoms with van der Waals surface area (Å²) in [6.45, 7) is 0.632. The molecule has 0 saturated heterocycles. The highest BCUT2D eigenvalue weighted by atomic mass is 127. The van der Waals surface area contributed by atoms with Crippen molar-refractivity contribution in [3.8, 4) is 11.8 Å². The third kappa shape index (κ3) is 5.21. The molecule has 0 fully saturated rings. The van der Waals surface area contributed by atoms with Crippen LogP contribution in [-0.2, 0) is 4.18 Å². The monoisotopic (exact) mass is 332 g/mol. The van der Waals surface area contributed by atoms with Crippen molar-refractivity contribution in [2.75, 3.05) is 6.61 Å². The summed E-state index contributed by atoms with van der Waals surface area (Å²) in [4.78, 5) is 10.4. The van der Waals surface area contributed by atoms with E-state index in [1.807, 2.05) is 12.1 Å². The van der Waals surface area contributed by atoms with Crippen LogP contribution in [0.5, 0.6) is 0 Å². The Labute approximate surface area is 106 Å². The number of hydrogen-bond donors (Lipinski definition) is 0. The number of rotatable bonds is 4. The van der Waals surface area contributed by atoms with Gasteiger partial charge in [0.05, 0.1) is 15.8 Å². The van der Waals surface area contributed by atoms with Crippen LogP contribution in [0.25, 0.3) is 0 Å². The molecule has 0 radical (unpaired) electrons. The summed E-state index contributed by atoms with van der Waals surface area (Å²) in [5, 5.41) is 0. The predicted molar refractivity (Wildman–Crippen MR) is 70.9 cm³/mol. The molecule has 1 rings (SSSR count). The van der Waals surface area contributed by atoms with E-state index in [4.69, 9.17) is 4.18 Å². The van der Waals surface area contributed by atoms with Gasteiger partial charge in [0, 0.05) is 38.8 Å². The van der Waals surface area contributed by atoms with E-state index in [-0.39, 0.29) is 0 Å². The number of carbonyl (C=O) groups is 1. The zero-order chi connectivity index (χ0) is 10.9. The molecule has 0 spiro atoms. The third-order valence-electron chi connectivity index (χ3n) is 1.63. The first kappa shape index (κ1) is 12.6. The number of carbonyl (C=O) groups excluding carboxylic acids is 1. The van der Waals surface area contributed by atoms with Gasteiger partial charge in [0.1, 0.15) is 6.29 Å². The second kappa shape index (κ2) is 7.74. The quantitative estimate of drug-likeness (QED) is 0.278. The summed E-state index contributed by atoms with van der Waals surface area (Å²) in [5.74, 6) is 5.99. The van der Waals surface area contributed by atoms with E-state index >= 15 is 0 Å². The number of halogens is 1. The molecule has 0 saturated carbocycles. The molecule has 2 nitrogen and oxygen atoms in total. The minimum atomic E-state index is 0.632. The van der Waals surface area contributed by atoms with Crippen LogP contribution in [0.1, 0.15) is 22.3 Å². The molecular formula is C11H9IO2S. The van der Waals surface area contributed by atoms with Crippen molar-refractivity contribution in [2.45, 2.75) is 6.42 Å². The van der Waals surface area contributed by atoms with Crippen LogP contribution >= 0.6 is 30.4 Å². The largest absolute Gasteiger partial charge is 0.304 e. The van der Waals surface area contributed by atoms with Gasteiger partial charge in [-0.2, -0.15) is 0 Å². The topological polar surface area (TPSA) is 26.3 Å². The molecule has 78 valence electrons. The maximum Gasteiger partial charge on any atom is 0.150 e. The van der Waals surface area contributed by atoms with Gasteiger partial charge in [-0.05, 0) is 12.1 Å². The first-order valence-corrected chi connectivity index (χ1v) is 7.59. The molecule has 15 heavy (non-hydrogen) atoms. The van der Waals surface area contributed by atoms with Crippen molar-refractivity contribution in [1.29, 1.82) is 0 Å². The third-order valence-corrected chi connectivity index (χ3v) is 2.65. The summed E-state index contributed by atoms with van der Waals surface area (Å²) >= 11 is 2.07. The predicted octanol–water partition coefficient (Wildman–Crippen LogP) is 3.26. The number of benzene rings is 1. The molecule has 0 aliphatic carbocycles. The zero-order valence-electron chi connectivity index (χ0n) is 7.90. The second-order valence-corrected chi connectivity index (χ2v) is 4.12. The Kier molecular flexibility index (Phi) is 6.48. The highest BCUT2D eigenvalue weighted by Crippen LogP contribution is 2.11. The van der Waals surface area contributed by atoms with Crippen LogP contribution in [0, 0.1) is 11.8 Å². The molecule has 1 aromatic carbocycles. The second-order valence-electron chi connectivity index (χ2n) is 2.68. The first-order valence-electron chi connectivity index (χ1n) is 4.31. The van der Waals surface area contributed by atoms with Crippen LogP contribution in [0.15, 0.2) is 24.3 Å². The van der Waals surface area contributed by atoms with Gasteiger partial charge in [0.15, 0.2) is 0 Å². The minimum Gasteiger partial charge on any atom is -0.304 e. The van der Waals surface area contributed by atoms with Crippen molar-refractivity contribution in [1.82, 2.24) is 0 Å². The fourth-order valence-electron chi connectivity index (χ4n) is 0.934. The Bertz CT molecular complexity index is 364. The van der Waals surface area contributed by atoms with Crippen LogP contribution < -0.4 is 0 Å². The van der Waals surface area contributed by atoms with Crippen LogP contribution in [0.4, 0.5) is 0 Å². The highest BCUT2D eigenvalue weighted by molar-refractivity contribution is 14.2. The highest BCUT2D eigenvalue weighted by Gasteiger charge is 1.89. The SMILES string of the molecule is O=Cc1ccc(C#CCCOSI)cc1. The van der Waals surface area contributed by atoms with Gasteiger partial charge in [0.2, 0.25) is 0 Å². The molecule has 0 aliphatic heterocycles. The van der Waals surface area contributed by atoms with Crippen LogP contribution in [0.2, 0.25) is 0 Å². The molecule has 0 amide bonds. The minimum absolute atomic E-state index is 0.632. The maximum absolute atomic E-state index is 10.4. The van der Waals surface area contributed by atoms with Crippen molar-refractivity contribution < 1.29 is 8.98 Å². The summed E-state index contributed by atoms with van der Waals surface area (Å²) in [5.41, 5.74) is 1.59. The van der Waals surface area contributed by atoms with Crippen molar-refractivity contribution >= 4 is 36.7 Å². The summed E-state index contributed by atoms with van der Waals surface area (Å²) < 4.78 is 5.06. The van der Waals surface area contributed by atoms with E-state index in [9.17, 15) is 4.79 Å². The van der Waals surface area contributed by atoms with Crippen LogP contribution in [-0.4, -0.2) is 12.9 Å². The molecular weight excluding hydrogens is 323 g/mol. The van der Waals surface area contributed by atoms with E-state index in [0.29, 0.717) is 18.6 Å². The van der Waals surface area contributed by atoms with E-state index in [1.54, 1.807) is 12.1 Å². The average Bonchev–Trinajstić information content (AvgIpc) is 2.30. The van der Waals surface area contributed by atoms with Gasteiger partial charge in [-0.3, -0.25) is 4.79 Å². The Balaban J connectivity index is 2.45. The Morgan fingerprint density at radius 2 is 2.13 bits per heavy atom. The van der Waals surface area contributed by atoms with Gasteiger partial charge < -0.3 is 4.18 Å². The standard InChI is InChI=1S/C11H9IO2S/c12-15-14-8-2-1-3-10-4-6-11(9-13)7-5-10/h4-7,9H,2,8H2. The molecule has 0 aromatic heterocycles.